The number of nitrogens with zero attached hydrogens (tertiary/aromatic N) is 1. The molecule has 1 heterocycles. The summed E-state index contributed by atoms with van der Waals surface area (Å²) in [6.45, 7) is 2.04. The van der Waals surface area contributed by atoms with Crippen molar-refractivity contribution < 1.29 is 4.42 Å². The molecule has 3 rings (SSSR count). The Kier molecular flexibility index (Phi) is 3.51. The predicted octanol–water partition coefficient (Wildman–Crippen LogP) is 3.27. The number of halogens is 1. The van der Waals surface area contributed by atoms with E-state index in [0.29, 0.717) is 11.1 Å². The first-order chi connectivity index (χ1) is 10.1. The monoisotopic (exact) mass is 345 g/mol. The van der Waals surface area contributed by atoms with Gasteiger partial charge in [-0.05, 0) is 42.3 Å². The molecule has 0 atom stereocenters. The van der Waals surface area contributed by atoms with Crippen molar-refractivity contribution in [1.82, 2.24) is 4.57 Å². The summed E-state index contributed by atoms with van der Waals surface area (Å²) in [5.74, 6) is -0.681. The first kappa shape index (κ1) is 13.8. The number of rotatable bonds is 2. The second-order valence-corrected chi connectivity index (χ2v) is 5.58. The molecule has 0 N–H and O–H groups in total. The van der Waals surface area contributed by atoms with Crippen LogP contribution in [-0.4, -0.2) is 4.57 Å². The lowest BCUT2D eigenvalue weighted by molar-refractivity contribution is 0.504. The van der Waals surface area contributed by atoms with E-state index in [1.165, 1.54) is 0 Å². The summed E-state index contributed by atoms with van der Waals surface area (Å²) in [6, 6.07) is 12.3. The van der Waals surface area contributed by atoms with Crippen molar-refractivity contribution in [2.24, 2.45) is 0 Å². The summed E-state index contributed by atoms with van der Waals surface area (Å²) < 4.78 is 7.03. The van der Waals surface area contributed by atoms with Crippen LogP contribution in [0.1, 0.15) is 12.5 Å². The summed E-state index contributed by atoms with van der Waals surface area (Å²) in [7, 11) is 0. The molecule has 21 heavy (non-hydrogen) atoms. The van der Waals surface area contributed by atoms with E-state index in [1.54, 1.807) is 30.3 Å². The minimum absolute atomic E-state index is 0.287. The number of hydrogen-bond acceptors (Lipinski definition) is 3. The number of hydrogen-bond donors (Lipinski definition) is 0. The smallest absolute Gasteiger partial charge is 0.409 e. The van der Waals surface area contributed by atoms with E-state index in [9.17, 15) is 9.59 Å². The van der Waals surface area contributed by atoms with Crippen molar-refractivity contribution in [2.75, 3.05) is 0 Å². The average molecular weight is 346 g/mol. The van der Waals surface area contributed by atoms with E-state index < -0.39 is 5.76 Å². The zero-order valence-corrected chi connectivity index (χ0v) is 12.9. The lowest BCUT2D eigenvalue weighted by atomic mass is 10.1. The molecule has 0 fully saturated rings. The maximum atomic E-state index is 12.5. The summed E-state index contributed by atoms with van der Waals surface area (Å²) in [5, 5.41) is 0.364. The largest absolute Gasteiger partial charge is 0.426 e. The first-order valence-corrected chi connectivity index (χ1v) is 7.34. The van der Waals surface area contributed by atoms with E-state index in [-0.39, 0.29) is 11.1 Å². The molecule has 0 aliphatic rings. The third-order valence-electron chi connectivity index (χ3n) is 3.36. The van der Waals surface area contributed by atoms with E-state index in [2.05, 4.69) is 15.9 Å². The molecular weight excluding hydrogens is 334 g/mol. The van der Waals surface area contributed by atoms with Crippen LogP contribution in [0.5, 0.6) is 0 Å². The van der Waals surface area contributed by atoms with E-state index in [1.807, 2.05) is 19.1 Å². The van der Waals surface area contributed by atoms with Crippen molar-refractivity contribution in [3.05, 3.63) is 73.4 Å². The zero-order chi connectivity index (χ0) is 15.0. The van der Waals surface area contributed by atoms with Crippen LogP contribution in [0.4, 0.5) is 0 Å². The Morgan fingerprint density at radius 2 is 1.81 bits per heavy atom. The normalized spacial score (nSPS) is 11.0. The third-order valence-corrected chi connectivity index (χ3v) is 3.85. The van der Waals surface area contributed by atoms with Crippen LogP contribution in [0.25, 0.3) is 16.7 Å². The van der Waals surface area contributed by atoms with E-state index >= 15 is 0 Å². The number of benzene rings is 2. The topological polar surface area (TPSA) is 52.2 Å². The highest BCUT2D eigenvalue weighted by molar-refractivity contribution is 9.10. The highest BCUT2D eigenvalue weighted by atomic mass is 79.9. The molecule has 0 saturated heterocycles. The standard InChI is InChI=1S/C16H12BrNO3/c1-2-10-3-6-12(7-4-10)18-15(19)13-9-11(17)5-8-14(13)21-16(18)20/h3-9H,2H2,1H3. The van der Waals surface area contributed by atoms with Crippen molar-refractivity contribution >= 4 is 26.9 Å². The maximum Gasteiger partial charge on any atom is 0.426 e. The van der Waals surface area contributed by atoms with Crippen LogP contribution in [0.2, 0.25) is 0 Å². The Morgan fingerprint density at radius 3 is 2.48 bits per heavy atom. The van der Waals surface area contributed by atoms with Crippen LogP contribution in [-0.2, 0) is 6.42 Å². The van der Waals surface area contributed by atoms with Gasteiger partial charge >= 0.3 is 5.76 Å². The molecule has 106 valence electrons. The molecule has 1 aromatic heterocycles. The van der Waals surface area contributed by atoms with Gasteiger partial charge in [-0.2, -0.15) is 0 Å². The van der Waals surface area contributed by atoms with Crippen molar-refractivity contribution in [3.63, 3.8) is 0 Å². The van der Waals surface area contributed by atoms with Crippen LogP contribution in [0.3, 0.4) is 0 Å². The molecule has 0 aliphatic carbocycles. The van der Waals surface area contributed by atoms with Gasteiger partial charge in [0.15, 0.2) is 0 Å². The van der Waals surface area contributed by atoms with Crippen molar-refractivity contribution in [3.8, 4) is 5.69 Å². The summed E-state index contributed by atoms with van der Waals surface area (Å²) in [5.41, 5.74) is 1.55. The predicted molar refractivity (Wildman–Crippen MR) is 85.2 cm³/mol. The minimum Gasteiger partial charge on any atom is -0.409 e. The van der Waals surface area contributed by atoms with Gasteiger partial charge in [0.25, 0.3) is 5.56 Å². The SMILES string of the molecule is CCc1ccc(-n2c(=O)oc3ccc(Br)cc3c2=O)cc1. The van der Waals surface area contributed by atoms with Gasteiger partial charge in [-0.1, -0.05) is 35.0 Å². The van der Waals surface area contributed by atoms with Gasteiger partial charge in [-0.25, -0.2) is 9.36 Å². The maximum absolute atomic E-state index is 12.5. The van der Waals surface area contributed by atoms with Crippen LogP contribution in [0.15, 0.2) is 60.9 Å². The fraction of sp³-hybridized carbons (Fsp3) is 0.125. The summed E-state index contributed by atoms with van der Waals surface area (Å²) in [4.78, 5) is 24.6. The Balaban J connectivity index is 2.31. The van der Waals surface area contributed by atoms with Gasteiger partial charge in [0, 0.05) is 4.47 Å². The summed E-state index contributed by atoms with van der Waals surface area (Å²) >= 11 is 3.32. The number of aryl methyl sites for hydroxylation is 1. The van der Waals surface area contributed by atoms with Crippen LogP contribution < -0.4 is 11.3 Å². The highest BCUT2D eigenvalue weighted by Gasteiger charge is 2.11. The number of fused-ring (bicyclic) bond motifs is 1. The first-order valence-electron chi connectivity index (χ1n) is 6.55. The molecule has 0 spiro atoms. The van der Waals surface area contributed by atoms with Crippen molar-refractivity contribution in [2.45, 2.75) is 13.3 Å². The Labute approximate surface area is 128 Å². The van der Waals surface area contributed by atoms with Crippen LogP contribution >= 0.6 is 15.9 Å². The Hall–Kier alpha value is -2.14. The molecule has 0 saturated carbocycles. The molecule has 4 nitrogen and oxygen atoms in total. The van der Waals surface area contributed by atoms with Gasteiger partial charge in [-0.15, -0.1) is 0 Å². The van der Waals surface area contributed by atoms with E-state index in [0.717, 1.165) is 21.0 Å². The molecule has 3 aromatic rings. The fourth-order valence-corrected chi connectivity index (χ4v) is 2.57. The molecule has 0 bridgehead atoms. The van der Waals surface area contributed by atoms with Gasteiger partial charge in [0.2, 0.25) is 0 Å². The minimum atomic E-state index is -0.681. The summed E-state index contributed by atoms with van der Waals surface area (Å²) in [6.07, 6.45) is 0.897. The van der Waals surface area contributed by atoms with Gasteiger partial charge in [0.1, 0.15) is 5.58 Å². The molecular formula is C16H12BrNO3. The van der Waals surface area contributed by atoms with Crippen LogP contribution in [0, 0.1) is 0 Å². The molecule has 0 amide bonds. The Morgan fingerprint density at radius 1 is 1.10 bits per heavy atom. The third kappa shape index (κ3) is 2.45. The molecule has 0 radical (unpaired) electrons. The van der Waals surface area contributed by atoms with Gasteiger partial charge in [-0.3, -0.25) is 4.79 Å². The lowest BCUT2D eigenvalue weighted by Crippen LogP contribution is -2.30. The molecule has 5 heteroatoms. The zero-order valence-electron chi connectivity index (χ0n) is 11.3. The van der Waals surface area contributed by atoms with Gasteiger partial charge < -0.3 is 4.42 Å². The number of aromatic nitrogens is 1. The fourth-order valence-electron chi connectivity index (χ4n) is 2.20. The highest BCUT2D eigenvalue weighted by Crippen LogP contribution is 2.16. The average Bonchev–Trinajstić information content (AvgIpc) is 2.49. The quantitative estimate of drug-likeness (QED) is 0.716. The second kappa shape index (κ2) is 5.33. The lowest BCUT2D eigenvalue weighted by Gasteiger charge is -2.06. The Bertz CT molecular complexity index is 923. The second-order valence-electron chi connectivity index (χ2n) is 4.67. The van der Waals surface area contributed by atoms with Gasteiger partial charge in [0.05, 0.1) is 11.1 Å². The molecule has 0 unspecified atom stereocenters. The van der Waals surface area contributed by atoms with Crippen molar-refractivity contribution in [1.29, 1.82) is 0 Å². The molecule has 0 aliphatic heterocycles. The molecule has 2 aromatic carbocycles. The van der Waals surface area contributed by atoms with E-state index in [4.69, 9.17) is 4.42 Å².